The van der Waals surface area contributed by atoms with Crippen LogP contribution in [0, 0.1) is 0 Å². The van der Waals surface area contributed by atoms with Gasteiger partial charge in [-0.2, -0.15) is 0 Å². The first kappa shape index (κ1) is 14.1. The first-order valence-electron chi connectivity index (χ1n) is 6.20. The third-order valence-corrected chi connectivity index (χ3v) is 5.84. The van der Waals surface area contributed by atoms with Crippen molar-refractivity contribution in [3.63, 3.8) is 0 Å². The predicted octanol–water partition coefficient (Wildman–Crippen LogP) is 5.05. The molecule has 0 unspecified atom stereocenters. The van der Waals surface area contributed by atoms with E-state index in [2.05, 4.69) is 35.5 Å². The van der Waals surface area contributed by atoms with Crippen LogP contribution >= 0.6 is 11.8 Å². The van der Waals surface area contributed by atoms with Crippen LogP contribution in [-0.4, -0.2) is 27.2 Å². The van der Waals surface area contributed by atoms with E-state index in [-0.39, 0.29) is 20.9 Å². The van der Waals surface area contributed by atoms with Crippen LogP contribution in [-0.2, 0) is 0 Å². The van der Waals surface area contributed by atoms with Gasteiger partial charge in [0.05, 0.1) is 0 Å². The molecule has 0 saturated heterocycles. The number of para-hydroxylation sites is 1. The van der Waals surface area contributed by atoms with Crippen molar-refractivity contribution in [2.75, 3.05) is 6.26 Å². The summed E-state index contributed by atoms with van der Waals surface area (Å²) in [6.07, 6.45) is 7.02. The topological polar surface area (TPSA) is 13.1 Å². The third-order valence-electron chi connectivity index (χ3n) is 2.73. The Morgan fingerprint density at radius 2 is 2.17 bits per heavy atom. The Bertz CT molecular complexity index is 530. The van der Waals surface area contributed by atoms with E-state index in [1.54, 1.807) is 11.8 Å². The number of hydrogen-bond donors (Lipinski definition) is 0. The summed E-state index contributed by atoms with van der Waals surface area (Å²) in [7, 11) is 0. The maximum absolute atomic E-state index is 5.85. The predicted molar refractivity (Wildman–Crippen MR) is 82.5 cm³/mol. The number of hydrogen-bond acceptors (Lipinski definition) is 2. The second-order valence-electron chi connectivity index (χ2n) is 4.03. The summed E-state index contributed by atoms with van der Waals surface area (Å²) in [5.74, 6) is 0. The number of rotatable bonds is 6. The van der Waals surface area contributed by atoms with Gasteiger partial charge in [0.2, 0.25) is 0 Å². The summed E-state index contributed by atoms with van der Waals surface area (Å²) in [4.78, 5) is 0. The molecule has 0 amide bonds. The number of fused-ring (bicyclic) bond motifs is 1. The van der Waals surface area contributed by atoms with E-state index < -0.39 is 0 Å². The SMILES string of the molecule is CCCC[Te]/C=C\c1c(SC)oc2ccccc12. The molecule has 0 aliphatic heterocycles. The molecule has 0 bridgehead atoms. The zero-order chi connectivity index (χ0) is 12.8. The van der Waals surface area contributed by atoms with Gasteiger partial charge in [0, 0.05) is 0 Å². The first-order valence-corrected chi connectivity index (χ1v) is 10.4. The molecule has 2 aromatic rings. The molecule has 0 spiro atoms. The summed E-state index contributed by atoms with van der Waals surface area (Å²) in [5, 5.41) is 2.27. The van der Waals surface area contributed by atoms with Crippen LogP contribution in [0.25, 0.3) is 17.0 Å². The van der Waals surface area contributed by atoms with Crippen molar-refractivity contribution in [1.82, 2.24) is 0 Å². The molecule has 3 heteroatoms. The molecule has 2 rings (SSSR count). The fraction of sp³-hybridized carbons (Fsp3) is 0.333. The molecule has 0 aliphatic carbocycles. The van der Waals surface area contributed by atoms with E-state index >= 15 is 0 Å². The Morgan fingerprint density at radius 3 is 2.94 bits per heavy atom. The summed E-state index contributed by atoms with van der Waals surface area (Å²) >= 11 is 1.72. The van der Waals surface area contributed by atoms with Gasteiger partial charge < -0.3 is 0 Å². The molecule has 0 fully saturated rings. The molecule has 1 aromatic carbocycles. The van der Waals surface area contributed by atoms with Gasteiger partial charge in [0.15, 0.2) is 0 Å². The molecule has 0 saturated carbocycles. The van der Waals surface area contributed by atoms with Crippen LogP contribution in [0.2, 0.25) is 4.47 Å². The van der Waals surface area contributed by atoms with Crippen LogP contribution in [0.1, 0.15) is 25.3 Å². The van der Waals surface area contributed by atoms with Crippen molar-refractivity contribution in [1.29, 1.82) is 0 Å². The summed E-state index contributed by atoms with van der Waals surface area (Å²) < 4.78 is 9.66. The Balaban J connectivity index is 2.20. The van der Waals surface area contributed by atoms with Crippen molar-refractivity contribution >= 4 is 49.7 Å². The van der Waals surface area contributed by atoms with E-state index in [0.29, 0.717) is 0 Å². The first-order chi connectivity index (χ1) is 8.86. The van der Waals surface area contributed by atoms with Gasteiger partial charge in [0.25, 0.3) is 0 Å². The quantitative estimate of drug-likeness (QED) is 0.399. The molecule has 0 aliphatic rings. The Morgan fingerprint density at radius 1 is 1.33 bits per heavy atom. The monoisotopic (exact) mass is 376 g/mol. The van der Waals surface area contributed by atoms with E-state index in [9.17, 15) is 0 Å². The Hall–Kier alpha value is -0.360. The zero-order valence-electron chi connectivity index (χ0n) is 10.8. The van der Waals surface area contributed by atoms with Crippen LogP contribution in [0.3, 0.4) is 0 Å². The molecule has 1 nitrogen and oxygen atoms in total. The van der Waals surface area contributed by atoms with E-state index in [1.807, 2.05) is 12.1 Å². The number of unbranched alkanes of at least 4 members (excludes halogenated alkanes) is 1. The molecule has 96 valence electrons. The normalized spacial score (nSPS) is 11.7. The van der Waals surface area contributed by atoms with Gasteiger partial charge >= 0.3 is 124 Å². The molecule has 0 radical (unpaired) electrons. The second-order valence-corrected chi connectivity index (χ2v) is 7.70. The second kappa shape index (κ2) is 7.28. The van der Waals surface area contributed by atoms with Gasteiger partial charge in [-0.3, -0.25) is 0 Å². The average molecular weight is 374 g/mol. The van der Waals surface area contributed by atoms with Crippen LogP contribution in [0.15, 0.2) is 37.9 Å². The van der Waals surface area contributed by atoms with Crippen molar-refractivity contribution in [2.24, 2.45) is 0 Å². The standard InChI is InChI=1S/C15H18OSTe/c1-3-4-10-18-11-9-13-12-7-5-6-8-14(12)16-15(13)17-2/h5-9,11H,3-4,10H2,1-2H3/b11-9-. The van der Waals surface area contributed by atoms with Crippen molar-refractivity contribution in [2.45, 2.75) is 29.3 Å². The average Bonchev–Trinajstić information content (AvgIpc) is 2.77. The van der Waals surface area contributed by atoms with E-state index in [1.165, 1.54) is 28.3 Å². The van der Waals surface area contributed by atoms with E-state index in [0.717, 1.165) is 10.7 Å². The van der Waals surface area contributed by atoms with Crippen molar-refractivity contribution in [3.8, 4) is 0 Å². The fourth-order valence-electron chi connectivity index (χ4n) is 1.76. The number of benzene rings is 1. The number of thioether (sulfide) groups is 1. The molecular weight excluding hydrogens is 356 g/mol. The van der Waals surface area contributed by atoms with Gasteiger partial charge in [0.1, 0.15) is 0 Å². The van der Waals surface area contributed by atoms with E-state index in [4.69, 9.17) is 4.42 Å². The fourth-order valence-corrected chi connectivity index (χ4v) is 4.69. The third kappa shape index (κ3) is 3.35. The van der Waals surface area contributed by atoms with Crippen LogP contribution in [0.4, 0.5) is 0 Å². The summed E-state index contributed by atoms with van der Waals surface area (Å²) in [6, 6.07) is 8.29. The Kier molecular flexibility index (Phi) is 5.69. The maximum atomic E-state index is 5.85. The minimum absolute atomic E-state index is 0.0332. The van der Waals surface area contributed by atoms with Crippen LogP contribution < -0.4 is 0 Å². The van der Waals surface area contributed by atoms with Crippen molar-refractivity contribution < 1.29 is 4.42 Å². The molecule has 18 heavy (non-hydrogen) atoms. The molecule has 0 atom stereocenters. The van der Waals surface area contributed by atoms with Crippen LogP contribution in [0.5, 0.6) is 0 Å². The number of furan rings is 1. The summed E-state index contributed by atoms with van der Waals surface area (Å²) in [6.45, 7) is 2.26. The summed E-state index contributed by atoms with van der Waals surface area (Å²) in [5.41, 5.74) is 2.26. The van der Waals surface area contributed by atoms with Gasteiger partial charge in [-0.15, -0.1) is 0 Å². The van der Waals surface area contributed by atoms with Gasteiger partial charge in [-0.05, 0) is 0 Å². The molecular formula is C15H18OSTe. The van der Waals surface area contributed by atoms with Crippen molar-refractivity contribution in [3.05, 3.63) is 34.0 Å². The molecule has 1 heterocycles. The molecule has 0 N–H and O–H groups in total. The molecule has 1 aromatic heterocycles. The minimum atomic E-state index is 0.0332. The van der Waals surface area contributed by atoms with Gasteiger partial charge in [-0.1, -0.05) is 0 Å². The Labute approximate surface area is 123 Å². The zero-order valence-corrected chi connectivity index (χ0v) is 14.0. The van der Waals surface area contributed by atoms with Gasteiger partial charge in [-0.25, -0.2) is 0 Å².